The third kappa shape index (κ3) is 4.62. The number of aryl methyl sites for hydroxylation is 1. The summed E-state index contributed by atoms with van der Waals surface area (Å²) in [6.45, 7) is 5.85. The highest BCUT2D eigenvalue weighted by Gasteiger charge is 2.16. The van der Waals surface area contributed by atoms with Crippen LogP contribution in [0.15, 0.2) is 48.5 Å². The zero-order chi connectivity index (χ0) is 20.9. The molecular formula is C25H29N3O2. The molecule has 3 aromatic rings. The molecule has 1 aromatic heterocycles. The highest BCUT2D eigenvalue weighted by atomic mass is 16.5. The van der Waals surface area contributed by atoms with Gasteiger partial charge in [-0.2, -0.15) is 0 Å². The van der Waals surface area contributed by atoms with Crippen LogP contribution in [0.1, 0.15) is 35.2 Å². The van der Waals surface area contributed by atoms with E-state index in [1.165, 1.54) is 19.3 Å². The highest BCUT2D eigenvalue weighted by molar-refractivity contribution is 6.07. The van der Waals surface area contributed by atoms with Gasteiger partial charge in [0.1, 0.15) is 5.75 Å². The van der Waals surface area contributed by atoms with Crippen LogP contribution in [0.2, 0.25) is 0 Å². The quantitative estimate of drug-likeness (QED) is 0.661. The average molecular weight is 404 g/mol. The van der Waals surface area contributed by atoms with Crippen LogP contribution < -0.4 is 10.1 Å². The van der Waals surface area contributed by atoms with E-state index < -0.39 is 0 Å². The molecule has 0 saturated carbocycles. The number of pyridine rings is 1. The molecule has 5 heteroatoms. The maximum Gasteiger partial charge on any atom is 0.252 e. The summed E-state index contributed by atoms with van der Waals surface area (Å²) in [6, 6.07) is 15.7. The Kier molecular flexibility index (Phi) is 6.29. The Balaban J connectivity index is 1.62. The fourth-order valence-corrected chi connectivity index (χ4v) is 4.06. The minimum absolute atomic E-state index is 0.0471. The molecule has 156 valence electrons. The Labute approximate surface area is 178 Å². The molecule has 0 unspecified atom stereocenters. The number of nitrogens with zero attached hydrogens (tertiary/aromatic N) is 2. The lowest BCUT2D eigenvalue weighted by molar-refractivity contribution is 0.0948. The predicted molar refractivity (Wildman–Crippen MR) is 121 cm³/mol. The van der Waals surface area contributed by atoms with Crippen LogP contribution in [0.25, 0.3) is 22.2 Å². The van der Waals surface area contributed by atoms with Crippen LogP contribution in [0.4, 0.5) is 0 Å². The van der Waals surface area contributed by atoms with Gasteiger partial charge in [-0.15, -0.1) is 0 Å². The van der Waals surface area contributed by atoms with Crippen molar-refractivity contribution in [2.45, 2.75) is 26.2 Å². The van der Waals surface area contributed by atoms with Gasteiger partial charge < -0.3 is 15.0 Å². The number of piperidine rings is 1. The standard InChI is InChI=1S/C25H29N3O2/c1-18-9-10-23-21(15-18)22(25(29)26-11-14-28-12-4-3-5-13-28)17-24(27-23)19-7-6-8-20(16-19)30-2/h6-10,15-17H,3-5,11-14H2,1-2H3,(H,26,29). The van der Waals surface area contributed by atoms with Crippen molar-refractivity contribution in [2.75, 3.05) is 33.3 Å². The van der Waals surface area contributed by atoms with Gasteiger partial charge in [-0.25, -0.2) is 4.98 Å². The summed E-state index contributed by atoms with van der Waals surface area (Å²) in [4.78, 5) is 20.4. The van der Waals surface area contributed by atoms with Crippen molar-refractivity contribution in [3.05, 3.63) is 59.7 Å². The summed E-state index contributed by atoms with van der Waals surface area (Å²) in [5, 5.41) is 4.01. The van der Waals surface area contributed by atoms with E-state index in [9.17, 15) is 4.79 Å². The zero-order valence-corrected chi connectivity index (χ0v) is 17.8. The summed E-state index contributed by atoms with van der Waals surface area (Å²) >= 11 is 0. The minimum Gasteiger partial charge on any atom is -0.497 e. The maximum absolute atomic E-state index is 13.1. The van der Waals surface area contributed by atoms with Crippen LogP contribution in [-0.4, -0.2) is 49.1 Å². The number of amides is 1. The fraction of sp³-hybridized carbons (Fsp3) is 0.360. The largest absolute Gasteiger partial charge is 0.497 e. The Hall–Kier alpha value is -2.92. The Bertz CT molecular complexity index is 1040. The first kappa shape index (κ1) is 20.4. The Morgan fingerprint density at radius 2 is 1.93 bits per heavy atom. The second kappa shape index (κ2) is 9.26. The van der Waals surface area contributed by atoms with Crippen molar-refractivity contribution >= 4 is 16.8 Å². The van der Waals surface area contributed by atoms with E-state index in [4.69, 9.17) is 9.72 Å². The molecule has 1 fully saturated rings. The molecule has 30 heavy (non-hydrogen) atoms. The second-order valence-corrected chi connectivity index (χ2v) is 7.97. The number of fused-ring (bicyclic) bond motifs is 1. The number of nitrogens with one attached hydrogen (secondary N) is 1. The molecule has 1 aliphatic heterocycles. The summed E-state index contributed by atoms with van der Waals surface area (Å²) in [7, 11) is 1.65. The lowest BCUT2D eigenvalue weighted by atomic mass is 10.0. The Morgan fingerprint density at radius 3 is 2.73 bits per heavy atom. The number of benzene rings is 2. The van der Waals surface area contributed by atoms with Gasteiger partial charge in [0, 0.05) is 24.0 Å². The van der Waals surface area contributed by atoms with Crippen molar-refractivity contribution in [1.82, 2.24) is 15.2 Å². The molecule has 1 aliphatic rings. The molecule has 4 rings (SSSR count). The number of hydrogen-bond acceptors (Lipinski definition) is 4. The maximum atomic E-state index is 13.1. The smallest absolute Gasteiger partial charge is 0.252 e. The number of hydrogen-bond donors (Lipinski definition) is 1. The lowest BCUT2D eigenvalue weighted by Gasteiger charge is -2.26. The van der Waals surface area contributed by atoms with Gasteiger partial charge in [-0.05, 0) is 63.2 Å². The van der Waals surface area contributed by atoms with Crippen LogP contribution in [0.5, 0.6) is 5.75 Å². The van der Waals surface area contributed by atoms with Gasteiger partial charge in [-0.1, -0.05) is 30.2 Å². The second-order valence-electron chi connectivity index (χ2n) is 7.97. The molecule has 5 nitrogen and oxygen atoms in total. The van der Waals surface area contributed by atoms with Gasteiger partial charge in [0.15, 0.2) is 0 Å². The molecule has 1 N–H and O–H groups in total. The third-order valence-corrected chi connectivity index (χ3v) is 5.74. The van der Waals surface area contributed by atoms with E-state index in [0.29, 0.717) is 12.1 Å². The molecule has 1 saturated heterocycles. The first-order valence-electron chi connectivity index (χ1n) is 10.7. The van der Waals surface area contributed by atoms with E-state index in [1.54, 1.807) is 7.11 Å². The number of methoxy groups -OCH3 is 1. The van der Waals surface area contributed by atoms with Crippen molar-refractivity contribution in [3.63, 3.8) is 0 Å². The van der Waals surface area contributed by atoms with Crippen molar-refractivity contribution < 1.29 is 9.53 Å². The Morgan fingerprint density at radius 1 is 1.10 bits per heavy atom. The number of aromatic nitrogens is 1. The number of ether oxygens (including phenoxy) is 1. The SMILES string of the molecule is COc1cccc(-c2cc(C(=O)NCCN3CCCCC3)c3cc(C)ccc3n2)c1. The molecule has 0 aliphatic carbocycles. The molecule has 1 amide bonds. The predicted octanol–water partition coefficient (Wildman–Crippen LogP) is 4.43. The summed E-state index contributed by atoms with van der Waals surface area (Å²) in [5.41, 5.74) is 4.30. The molecule has 0 radical (unpaired) electrons. The molecule has 2 aromatic carbocycles. The first-order valence-corrected chi connectivity index (χ1v) is 10.7. The minimum atomic E-state index is -0.0471. The normalized spacial score (nSPS) is 14.6. The summed E-state index contributed by atoms with van der Waals surface area (Å²) in [5.74, 6) is 0.722. The van der Waals surface area contributed by atoms with Gasteiger partial charge in [0.25, 0.3) is 5.91 Å². The van der Waals surface area contributed by atoms with Crippen molar-refractivity contribution in [3.8, 4) is 17.0 Å². The van der Waals surface area contributed by atoms with Gasteiger partial charge in [-0.3, -0.25) is 4.79 Å². The topological polar surface area (TPSA) is 54.5 Å². The van der Waals surface area contributed by atoms with Crippen molar-refractivity contribution in [2.24, 2.45) is 0 Å². The highest BCUT2D eigenvalue weighted by Crippen LogP contribution is 2.27. The molecule has 0 bridgehead atoms. The molecule has 0 atom stereocenters. The number of likely N-dealkylation sites (tertiary alicyclic amines) is 1. The third-order valence-electron chi connectivity index (χ3n) is 5.74. The van der Waals surface area contributed by atoms with E-state index >= 15 is 0 Å². The molecule has 2 heterocycles. The van der Waals surface area contributed by atoms with E-state index in [0.717, 1.165) is 53.1 Å². The molecular weight excluding hydrogens is 374 g/mol. The summed E-state index contributed by atoms with van der Waals surface area (Å²) in [6.07, 6.45) is 3.83. The van der Waals surface area contributed by atoms with Crippen LogP contribution in [0.3, 0.4) is 0 Å². The van der Waals surface area contributed by atoms with Crippen LogP contribution in [0, 0.1) is 6.92 Å². The van der Waals surface area contributed by atoms with Crippen LogP contribution >= 0.6 is 0 Å². The average Bonchev–Trinajstić information content (AvgIpc) is 2.79. The van der Waals surface area contributed by atoms with E-state index in [2.05, 4.69) is 10.2 Å². The fourth-order valence-electron chi connectivity index (χ4n) is 4.06. The number of carbonyl (C=O) groups is 1. The lowest BCUT2D eigenvalue weighted by Crippen LogP contribution is -2.37. The van der Waals surface area contributed by atoms with Crippen LogP contribution in [-0.2, 0) is 0 Å². The monoisotopic (exact) mass is 403 g/mol. The summed E-state index contributed by atoms with van der Waals surface area (Å²) < 4.78 is 5.36. The zero-order valence-electron chi connectivity index (χ0n) is 17.8. The van der Waals surface area contributed by atoms with Crippen molar-refractivity contribution in [1.29, 1.82) is 0 Å². The number of carbonyl (C=O) groups excluding carboxylic acids is 1. The van der Waals surface area contributed by atoms with Gasteiger partial charge >= 0.3 is 0 Å². The number of rotatable bonds is 6. The first-order chi connectivity index (χ1) is 14.6. The van der Waals surface area contributed by atoms with E-state index in [1.807, 2.05) is 55.5 Å². The molecule has 0 spiro atoms. The van der Waals surface area contributed by atoms with Gasteiger partial charge in [0.2, 0.25) is 0 Å². The van der Waals surface area contributed by atoms with E-state index in [-0.39, 0.29) is 5.91 Å². The van der Waals surface area contributed by atoms with Gasteiger partial charge in [0.05, 0.1) is 23.9 Å².